The van der Waals surface area contributed by atoms with Crippen molar-refractivity contribution < 1.29 is 28.7 Å². The summed E-state index contributed by atoms with van der Waals surface area (Å²) in [5, 5.41) is 7.65. The molecule has 10 heteroatoms. The number of hydrogen-bond donors (Lipinski definition) is 3. The highest BCUT2D eigenvalue weighted by atomic mass is 16.5. The number of rotatable bonds is 6. The van der Waals surface area contributed by atoms with Gasteiger partial charge >= 0.3 is 18.0 Å². The minimum atomic E-state index is -0.829. The predicted octanol–water partition coefficient (Wildman–Crippen LogP) is 1.33. The van der Waals surface area contributed by atoms with Gasteiger partial charge < -0.3 is 15.4 Å². The largest absolute Gasteiger partial charge is 0.456 e. The van der Waals surface area contributed by atoms with E-state index < -0.39 is 36.1 Å². The molecule has 30 heavy (non-hydrogen) atoms. The summed E-state index contributed by atoms with van der Waals surface area (Å²) < 4.78 is 4.86. The Bertz CT molecular complexity index is 697. The van der Waals surface area contributed by atoms with Gasteiger partial charge in [-0.05, 0) is 25.7 Å². The van der Waals surface area contributed by atoms with Crippen molar-refractivity contribution in [1.82, 2.24) is 20.9 Å². The minimum absolute atomic E-state index is 0.0608. The summed E-state index contributed by atoms with van der Waals surface area (Å²) >= 11 is 0. The molecule has 3 aliphatic rings. The third kappa shape index (κ3) is 5.48. The summed E-state index contributed by atoms with van der Waals surface area (Å²) in [6, 6.07) is -1.03. The van der Waals surface area contributed by atoms with E-state index in [0.29, 0.717) is 12.8 Å². The van der Waals surface area contributed by atoms with Crippen LogP contribution in [-0.4, -0.2) is 59.5 Å². The smallest absolute Gasteiger partial charge is 0.325 e. The molecule has 0 unspecified atom stereocenters. The van der Waals surface area contributed by atoms with Crippen LogP contribution >= 0.6 is 0 Å². The molecular weight excluding hydrogens is 392 g/mol. The van der Waals surface area contributed by atoms with Crippen LogP contribution in [0.15, 0.2) is 0 Å². The van der Waals surface area contributed by atoms with Crippen molar-refractivity contribution in [2.45, 2.75) is 82.2 Å². The molecule has 1 heterocycles. The number of esters is 1. The molecule has 0 radical (unpaired) electrons. The number of hydrogen-bond acceptors (Lipinski definition) is 6. The van der Waals surface area contributed by atoms with E-state index in [2.05, 4.69) is 16.0 Å². The Morgan fingerprint density at radius 1 is 1.03 bits per heavy atom. The quantitative estimate of drug-likeness (QED) is 0.437. The SMILES string of the molecule is O=C(COC(=O)CCN1C(=O)NC2(CCCCC2)C1=O)NC(=O)NC1CCCCC1. The van der Waals surface area contributed by atoms with Crippen LogP contribution in [0.1, 0.15) is 70.6 Å². The van der Waals surface area contributed by atoms with Crippen molar-refractivity contribution in [2.75, 3.05) is 13.2 Å². The second kappa shape index (κ2) is 9.90. The van der Waals surface area contributed by atoms with Gasteiger partial charge in [-0.2, -0.15) is 0 Å². The Kier molecular flexibility index (Phi) is 7.28. The summed E-state index contributed by atoms with van der Waals surface area (Å²) in [6.07, 6.45) is 8.85. The van der Waals surface area contributed by atoms with Gasteiger partial charge in [-0.15, -0.1) is 0 Å². The zero-order chi connectivity index (χ0) is 21.6. The second-order valence-electron chi connectivity index (χ2n) is 8.30. The lowest BCUT2D eigenvalue weighted by Gasteiger charge is -2.30. The van der Waals surface area contributed by atoms with Crippen molar-refractivity contribution >= 4 is 29.8 Å². The number of imide groups is 2. The Labute approximate surface area is 175 Å². The van der Waals surface area contributed by atoms with Crippen LogP contribution in [0.2, 0.25) is 0 Å². The monoisotopic (exact) mass is 422 g/mol. The summed E-state index contributed by atoms with van der Waals surface area (Å²) in [5.74, 6) is -1.74. The molecule has 3 rings (SSSR count). The third-order valence-corrected chi connectivity index (χ3v) is 6.05. The molecule has 6 amide bonds. The second-order valence-corrected chi connectivity index (χ2v) is 8.30. The van der Waals surface area contributed by atoms with Gasteiger partial charge in [0.2, 0.25) is 0 Å². The molecular formula is C20H30N4O6. The zero-order valence-corrected chi connectivity index (χ0v) is 17.2. The van der Waals surface area contributed by atoms with E-state index in [9.17, 15) is 24.0 Å². The lowest BCUT2D eigenvalue weighted by atomic mass is 9.82. The highest BCUT2D eigenvalue weighted by molar-refractivity contribution is 6.07. The fraction of sp³-hybridized carbons (Fsp3) is 0.750. The van der Waals surface area contributed by atoms with Gasteiger partial charge in [0.15, 0.2) is 6.61 Å². The molecule has 166 valence electrons. The molecule has 0 bridgehead atoms. The van der Waals surface area contributed by atoms with E-state index in [1.165, 1.54) is 0 Å². The van der Waals surface area contributed by atoms with Gasteiger partial charge in [0.25, 0.3) is 11.8 Å². The average Bonchev–Trinajstić information content (AvgIpc) is 2.95. The highest BCUT2D eigenvalue weighted by Gasteiger charge is 2.51. The molecule has 0 aromatic heterocycles. The van der Waals surface area contributed by atoms with E-state index in [1.807, 2.05) is 0 Å². The molecule has 3 fully saturated rings. The van der Waals surface area contributed by atoms with E-state index >= 15 is 0 Å². The average molecular weight is 422 g/mol. The van der Waals surface area contributed by atoms with Gasteiger partial charge in [0.05, 0.1) is 6.42 Å². The summed E-state index contributed by atoms with van der Waals surface area (Å²) in [4.78, 5) is 61.4. The van der Waals surface area contributed by atoms with E-state index in [4.69, 9.17) is 4.74 Å². The summed E-state index contributed by atoms with van der Waals surface area (Å²) in [5.41, 5.74) is -0.829. The van der Waals surface area contributed by atoms with E-state index in [1.54, 1.807) is 0 Å². The Morgan fingerprint density at radius 3 is 2.40 bits per heavy atom. The number of ether oxygens (including phenoxy) is 1. The van der Waals surface area contributed by atoms with Crippen LogP contribution in [0.4, 0.5) is 9.59 Å². The lowest BCUT2D eigenvalue weighted by Crippen LogP contribution is -2.48. The predicted molar refractivity (Wildman–Crippen MR) is 105 cm³/mol. The number of carbonyl (C=O) groups excluding carboxylic acids is 5. The Hall–Kier alpha value is -2.65. The fourth-order valence-electron chi connectivity index (χ4n) is 4.43. The standard InChI is InChI=1S/C20H30N4O6/c25-15(22-18(28)21-14-7-3-1-4-8-14)13-30-16(26)9-12-24-17(27)20(23-19(24)29)10-5-2-6-11-20/h14H,1-13H2,(H,23,29)(H2,21,22,25,28). The third-order valence-electron chi connectivity index (χ3n) is 6.05. The van der Waals surface area contributed by atoms with Crippen LogP contribution in [0, 0.1) is 0 Å². The van der Waals surface area contributed by atoms with Gasteiger partial charge in [-0.3, -0.25) is 24.6 Å². The molecule has 1 spiro atoms. The first kappa shape index (κ1) is 22.0. The van der Waals surface area contributed by atoms with Crippen molar-refractivity contribution in [2.24, 2.45) is 0 Å². The normalized spacial score (nSPS) is 21.3. The van der Waals surface area contributed by atoms with Gasteiger partial charge in [0, 0.05) is 12.6 Å². The van der Waals surface area contributed by atoms with Crippen LogP contribution in [-0.2, 0) is 19.1 Å². The Balaban J connectivity index is 1.35. The van der Waals surface area contributed by atoms with Crippen molar-refractivity contribution in [3.63, 3.8) is 0 Å². The summed E-state index contributed by atoms with van der Waals surface area (Å²) in [7, 11) is 0. The van der Waals surface area contributed by atoms with Crippen LogP contribution in [0.25, 0.3) is 0 Å². The molecule has 1 saturated heterocycles. The zero-order valence-electron chi connectivity index (χ0n) is 17.2. The van der Waals surface area contributed by atoms with Crippen LogP contribution < -0.4 is 16.0 Å². The van der Waals surface area contributed by atoms with Crippen molar-refractivity contribution in [3.05, 3.63) is 0 Å². The van der Waals surface area contributed by atoms with E-state index in [0.717, 1.165) is 56.3 Å². The summed E-state index contributed by atoms with van der Waals surface area (Å²) in [6.45, 7) is -0.698. The van der Waals surface area contributed by atoms with Gasteiger partial charge in [-0.25, -0.2) is 9.59 Å². The highest BCUT2D eigenvalue weighted by Crippen LogP contribution is 2.33. The maximum absolute atomic E-state index is 12.6. The number of nitrogens with zero attached hydrogens (tertiary/aromatic N) is 1. The molecule has 0 aromatic carbocycles. The number of amides is 6. The molecule has 3 N–H and O–H groups in total. The first-order chi connectivity index (χ1) is 14.4. The molecule has 2 saturated carbocycles. The molecule has 0 atom stereocenters. The van der Waals surface area contributed by atoms with Gasteiger partial charge in [-0.1, -0.05) is 38.5 Å². The molecule has 10 nitrogen and oxygen atoms in total. The first-order valence-electron chi connectivity index (χ1n) is 10.8. The van der Waals surface area contributed by atoms with Gasteiger partial charge in [0.1, 0.15) is 5.54 Å². The van der Waals surface area contributed by atoms with E-state index in [-0.39, 0.29) is 24.9 Å². The number of nitrogens with one attached hydrogen (secondary N) is 3. The number of urea groups is 2. The first-order valence-corrected chi connectivity index (χ1v) is 10.8. The maximum atomic E-state index is 12.6. The van der Waals surface area contributed by atoms with Crippen LogP contribution in [0.3, 0.4) is 0 Å². The fourth-order valence-corrected chi connectivity index (χ4v) is 4.43. The molecule has 0 aromatic rings. The van der Waals surface area contributed by atoms with Crippen molar-refractivity contribution in [1.29, 1.82) is 0 Å². The minimum Gasteiger partial charge on any atom is -0.456 e. The lowest BCUT2D eigenvalue weighted by molar-refractivity contribution is -0.148. The molecule has 2 aliphatic carbocycles. The Morgan fingerprint density at radius 2 is 1.70 bits per heavy atom. The van der Waals surface area contributed by atoms with Crippen molar-refractivity contribution in [3.8, 4) is 0 Å². The maximum Gasteiger partial charge on any atom is 0.325 e. The number of carbonyl (C=O) groups is 5. The van der Waals surface area contributed by atoms with Crippen LogP contribution in [0.5, 0.6) is 0 Å². The molecule has 1 aliphatic heterocycles. The topological polar surface area (TPSA) is 134 Å².